The molecule has 2 rings (SSSR count). The van der Waals surface area contributed by atoms with Gasteiger partial charge in [-0.2, -0.15) is 0 Å². The summed E-state index contributed by atoms with van der Waals surface area (Å²) >= 11 is 0. The van der Waals surface area contributed by atoms with E-state index >= 15 is 0 Å². The number of aliphatic hydroxyl groups is 1. The van der Waals surface area contributed by atoms with Gasteiger partial charge in [0.2, 0.25) is 0 Å². The number of aliphatic hydroxyl groups excluding tert-OH is 1. The maximum Gasteiger partial charge on any atom is 0.313 e. The predicted octanol–water partition coefficient (Wildman–Crippen LogP) is 1.88. The Labute approximate surface area is 151 Å². The summed E-state index contributed by atoms with van der Waals surface area (Å²) in [6.45, 7) is 0.169. The van der Waals surface area contributed by atoms with Gasteiger partial charge in [-0.3, -0.25) is 9.59 Å². The highest BCUT2D eigenvalue weighted by atomic mass is 16.5. The van der Waals surface area contributed by atoms with E-state index in [1.165, 1.54) is 14.2 Å². The first-order valence-corrected chi connectivity index (χ1v) is 8.09. The molecule has 0 aliphatic heterocycles. The Hall–Kier alpha value is -3.06. The number of methoxy groups -OCH3 is 2. The highest BCUT2D eigenvalue weighted by molar-refractivity contribution is 6.39. The van der Waals surface area contributed by atoms with E-state index in [1.54, 1.807) is 30.3 Å². The quantitative estimate of drug-likeness (QED) is 0.657. The Morgan fingerprint density at radius 1 is 1.04 bits per heavy atom. The van der Waals surface area contributed by atoms with E-state index in [4.69, 9.17) is 9.47 Å². The number of nitrogens with one attached hydrogen (secondary N) is 2. The van der Waals surface area contributed by atoms with Gasteiger partial charge < -0.3 is 25.2 Å². The molecule has 0 radical (unpaired) electrons. The molecule has 0 aliphatic carbocycles. The molecule has 3 N–H and O–H groups in total. The molecule has 2 aromatic rings. The summed E-state index contributed by atoms with van der Waals surface area (Å²) in [5.74, 6) is -0.657. The van der Waals surface area contributed by atoms with Gasteiger partial charge in [0.15, 0.2) is 0 Å². The van der Waals surface area contributed by atoms with Gasteiger partial charge >= 0.3 is 11.8 Å². The summed E-state index contributed by atoms with van der Waals surface area (Å²) in [6, 6.07) is 13.9. The number of carbonyl (C=O) groups is 2. The zero-order valence-corrected chi connectivity index (χ0v) is 14.7. The number of rotatable bonds is 7. The summed E-state index contributed by atoms with van der Waals surface area (Å²) < 4.78 is 10.3. The summed E-state index contributed by atoms with van der Waals surface area (Å²) in [7, 11) is 2.97. The Morgan fingerprint density at radius 2 is 1.77 bits per heavy atom. The predicted molar refractivity (Wildman–Crippen MR) is 97.2 cm³/mol. The van der Waals surface area contributed by atoms with Crippen molar-refractivity contribution in [1.29, 1.82) is 0 Å². The second-order valence-electron chi connectivity index (χ2n) is 5.49. The van der Waals surface area contributed by atoms with Gasteiger partial charge in [-0.05, 0) is 24.1 Å². The van der Waals surface area contributed by atoms with Crippen molar-refractivity contribution in [3.8, 4) is 11.5 Å². The van der Waals surface area contributed by atoms with Crippen LogP contribution in [0.15, 0.2) is 48.5 Å². The van der Waals surface area contributed by atoms with E-state index < -0.39 is 17.9 Å². The van der Waals surface area contributed by atoms with Crippen LogP contribution in [0.3, 0.4) is 0 Å². The van der Waals surface area contributed by atoms with Gasteiger partial charge in [0.25, 0.3) is 0 Å². The van der Waals surface area contributed by atoms with Gasteiger partial charge in [0.05, 0.1) is 26.0 Å². The molecule has 0 saturated carbocycles. The number of anilines is 1. The smallest absolute Gasteiger partial charge is 0.313 e. The van der Waals surface area contributed by atoms with Crippen LogP contribution in [0.5, 0.6) is 11.5 Å². The standard InChI is InChI=1S/C19H22N2O5/c1-25-14-8-9-15(17(12-14)26-2)21-19(24)18(23)20-11-10-16(22)13-6-4-3-5-7-13/h3-9,12,16,22H,10-11H2,1-2H3,(H,20,23)(H,21,24). The zero-order chi connectivity index (χ0) is 18.9. The van der Waals surface area contributed by atoms with Crippen LogP contribution in [0.25, 0.3) is 0 Å². The van der Waals surface area contributed by atoms with Gasteiger partial charge in [-0.1, -0.05) is 30.3 Å². The molecule has 0 aliphatic rings. The SMILES string of the molecule is COc1ccc(NC(=O)C(=O)NCCC(O)c2ccccc2)c(OC)c1. The minimum atomic E-state index is -0.817. The van der Waals surface area contributed by atoms with E-state index in [-0.39, 0.29) is 6.54 Å². The van der Waals surface area contributed by atoms with Crippen LogP contribution in [-0.2, 0) is 9.59 Å². The van der Waals surface area contributed by atoms with Crippen LogP contribution in [0, 0.1) is 0 Å². The van der Waals surface area contributed by atoms with Crippen LogP contribution in [0.4, 0.5) is 5.69 Å². The molecule has 7 nitrogen and oxygen atoms in total. The van der Waals surface area contributed by atoms with Crippen molar-refractivity contribution in [3.63, 3.8) is 0 Å². The molecular formula is C19H22N2O5. The zero-order valence-electron chi connectivity index (χ0n) is 14.7. The van der Waals surface area contributed by atoms with Gasteiger partial charge in [-0.25, -0.2) is 0 Å². The maximum absolute atomic E-state index is 12.0. The normalized spacial score (nSPS) is 11.3. The lowest BCUT2D eigenvalue weighted by molar-refractivity contribution is -0.136. The van der Waals surface area contributed by atoms with E-state index in [9.17, 15) is 14.7 Å². The van der Waals surface area contributed by atoms with Crippen LogP contribution in [0.1, 0.15) is 18.1 Å². The Balaban J connectivity index is 1.85. The molecule has 0 spiro atoms. The monoisotopic (exact) mass is 358 g/mol. The van der Waals surface area contributed by atoms with Crippen LogP contribution >= 0.6 is 0 Å². The van der Waals surface area contributed by atoms with Crippen LogP contribution in [0.2, 0.25) is 0 Å². The Morgan fingerprint density at radius 3 is 2.42 bits per heavy atom. The van der Waals surface area contributed by atoms with E-state index in [2.05, 4.69) is 10.6 Å². The van der Waals surface area contributed by atoms with Gasteiger partial charge in [-0.15, -0.1) is 0 Å². The molecule has 138 valence electrons. The highest BCUT2D eigenvalue weighted by Gasteiger charge is 2.16. The second-order valence-corrected chi connectivity index (χ2v) is 5.49. The fraction of sp³-hybridized carbons (Fsp3) is 0.263. The van der Waals surface area contributed by atoms with Crippen LogP contribution < -0.4 is 20.1 Å². The first kappa shape index (κ1) is 19.3. The lowest BCUT2D eigenvalue weighted by Gasteiger charge is -2.13. The molecule has 0 aromatic heterocycles. The van der Waals surface area contributed by atoms with Crippen molar-refractivity contribution < 1.29 is 24.2 Å². The molecule has 2 aromatic carbocycles. The highest BCUT2D eigenvalue weighted by Crippen LogP contribution is 2.28. The first-order valence-electron chi connectivity index (χ1n) is 8.09. The molecule has 0 heterocycles. The average Bonchev–Trinajstić information content (AvgIpc) is 2.68. The lowest BCUT2D eigenvalue weighted by atomic mass is 10.1. The van der Waals surface area contributed by atoms with E-state index in [1.807, 2.05) is 18.2 Å². The third kappa shape index (κ3) is 5.22. The average molecular weight is 358 g/mol. The molecule has 1 unspecified atom stereocenters. The molecule has 1 atom stereocenters. The fourth-order valence-electron chi connectivity index (χ4n) is 2.33. The molecule has 7 heteroatoms. The van der Waals surface area contributed by atoms with Crippen molar-refractivity contribution >= 4 is 17.5 Å². The largest absolute Gasteiger partial charge is 0.497 e. The second kappa shape index (κ2) is 9.43. The molecule has 0 bridgehead atoms. The number of benzene rings is 2. The third-order valence-electron chi connectivity index (χ3n) is 3.75. The lowest BCUT2D eigenvalue weighted by Crippen LogP contribution is -2.36. The number of ether oxygens (including phenoxy) is 2. The fourth-order valence-corrected chi connectivity index (χ4v) is 2.33. The van der Waals surface area contributed by atoms with Crippen molar-refractivity contribution in [2.75, 3.05) is 26.1 Å². The van der Waals surface area contributed by atoms with Gasteiger partial charge in [0.1, 0.15) is 11.5 Å². The molecule has 0 fully saturated rings. The molecular weight excluding hydrogens is 336 g/mol. The van der Waals surface area contributed by atoms with Crippen molar-refractivity contribution in [1.82, 2.24) is 5.32 Å². The summed E-state index contributed by atoms with van der Waals surface area (Å²) in [5, 5.41) is 15.0. The Kier molecular flexibility index (Phi) is 6.99. The first-order chi connectivity index (χ1) is 12.5. The Bertz CT molecular complexity index is 749. The topological polar surface area (TPSA) is 96.9 Å². The number of hydrogen-bond acceptors (Lipinski definition) is 5. The van der Waals surface area contributed by atoms with Crippen molar-refractivity contribution in [2.45, 2.75) is 12.5 Å². The minimum absolute atomic E-state index is 0.169. The molecule has 0 saturated heterocycles. The van der Waals surface area contributed by atoms with Crippen LogP contribution in [-0.4, -0.2) is 37.7 Å². The van der Waals surface area contributed by atoms with Crippen molar-refractivity contribution in [3.05, 3.63) is 54.1 Å². The maximum atomic E-state index is 12.0. The summed E-state index contributed by atoms with van der Waals surface area (Å²) in [4.78, 5) is 23.9. The minimum Gasteiger partial charge on any atom is -0.497 e. The third-order valence-corrected chi connectivity index (χ3v) is 3.75. The number of amides is 2. The number of hydrogen-bond donors (Lipinski definition) is 3. The van der Waals surface area contributed by atoms with Gasteiger partial charge in [0, 0.05) is 12.6 Å². The molecule has 26 heavy (non-hydrogen) atoms. The van der Waals surface area contributed by atoms with Crippen molar-refractivity contribution in [2.24, 2.45) is 0 Å². The number of carbonyl (C=O) groups excluding carboxylic acids is 2. The molecule has 2 amide bonds. The summed E-state index contributed by atoms with van der Waals surface area (Å²) in [6.07, 6.45) is -0.407. The van der Waals surface area contributed by atoms with E-state index in [0.717, 1.165) is 5.56 Å². The van der Waals surface area contributed by atoms with E-state index in [0.29, 0.717) is 23.6 Å². The summed E-state index contributed by atoms with van der Waals surface area (Å²) in [5.41, 5.74) is 1.12.